The number of aromatic nitrogens is 1. The summed E-state index contributed by atoms with van der Waals surface area (Å²) >= 11 is 6.20. The first-order valence-corrected chi connectivity index (χ1v) is 6.00. The standard InChI is InChI=1S/C14H16ClNO/c1-8-5-6-10(15)11-9(7-17)13(14(2,3)4)16-12(8)11/h5-7,16H,1-4H3. The molecule has 0 amide bonds. The van der Waals surface area contributed by atoms with Crippen LogP contribution in [0.2, 0.25) is 5.02 Å². The summed E-state index contributed by atoms with van der Waals surface area (Å²) in [6.45, 7) is 8.24. The van der Waals surface area contributed by atoms with Gasteiger partial charge in [0.05, 0.1) is 10.5 Å². The second kappa shape index (κ2) is 3.88. The maximum atomic E-state index is 11.3. The molecule has 2 aromatic rings. The van der Waals surface area contributed by atoms with E-state index >= 15 is 0 Å². The fourth-order valence-corrected chi connectivity index (χ4v) is 2.39. The van der Waals surface area contributed by atoms with Crippen molar-refractivity contribution >= 4 is 28.8 Å². The normalized spacial score (nSPS) is 12.1. The molecule has 0 saturated heterocycles. The van der Waals surface area contributed by atoms with Crippen LogP contribution in [0.15, 0.2) is 12.1 Å². The van der Waals surface area contributed by atoms with Crippen molar-refractivity contribution < 1.29 is 4.79 Å². The molecule has 1 heterocycles. The SMILES string of the molecule is Cc1ccc(Cl)c2c(C=O)c(C(C)(C)C)[nH]c12. The van der Waals surface area contributed by atoms with Crippen molar-refractivity contribution in [1.82, 2.24) is 4.98 Å². The fraction of sp³-hybridized carbons (Fsp3) is 0.357. The second-order valence-electron chi connectivity index (χ2n) is 5.40. The Labute approximate surface area is 106 Å². The van der Waals surface area contributed by atoms with E-state index in [1.165, 1.54) is 0 Å². The molecule has 0 aliphatic rings. The minimum absolute atomic E-state index is 0.106. The zero-order chi connectivity index (χ0) is 12.8. The van der Waals surface area contributed by atoms with E-state index in [2.05, 4.69) is 25.8 Å². The van der Waals surface area contributed by atoms with Gasteiger partial charge in [-0.25, -0.2) is 0 Å². The maximum absolute atomic E-state index is 11.3. The molecule has 0 saturated carbocycles. The number of carbonyl (C=O) groups is 1. The molecule has 3 heteroatoms. The first kappa shape index (κ1) is 12.2. The van der Waals surface area contributed by atoms with Crippen molar-refractivity contribution in [3.63, 3.8) is 0 Å². The highest BCUT2D eigenvalue weighted by molar-refractivity contribution is 6.36. The van der Waals surface area contributed by atoms with Gasteiger partial charge in [-0.3, -0.25) is 4.79 Å². The number of halogens is 1. The Hall–Kier alpha value is -1.28. The van der Waals surface area contributed by atoms with Gasteiger partial charge in [0, 0.05) is 22.1 Å². The van der Waals surface area contributed by atoms with Crippen molar-refractivity contribution in [3.05, 3.63) is 34.0 Å². The molecule has 2 rings (SSSR count). The van der Waals surface area contributed by atoms with Crippen LogP contribution in [-0.4, -0.2) is 11.3 Å². The topological polar surface area (TPSA) is 32.9 Å². The van der Waals surface area contributed by atoms with E-state index in [1.54, 1.807) is 0 Å². The van der Waals surface area contributed by atoms with E-state index < -0.39 is 0 Å². The maximum Gasteiger partial charge on any atom is 0.152 e. The summed E-state index contributed by atoms with van der Waals surface area (Å²) < 4.78 is 0. The van der Waals surface area contributed by atoms with Crippen molar-refractivity contribution in [3.8, 4) is 0 Å². The zero-order valence-corrected chi connectivity index (χ0v) is 11.3. The van der Waals surface area contributed by atoms with Gasteiger partial charge in [-0.2, -0.15) is 0 Å². The van der Waals surface area contributed by atoms with Gasteiger partial charge < -0.3 is 4.98 Å². The van der Waals surface area contributed by atoms with Crippen LogP contribution >= 0.6 is 11.6 Å². The monoisotopic (exact) mass is 249 g/mol. The third kappa shape index (κ3) is 1.87. The number of benzene rings is 1. The minimum atomic E-state index is -0.106. The number of fused-ring (bicyclic) bond motifs is 1. The lowest BCUT2D eigenvalue weighted by molar-refractivity contribution is 0.112. The van der Waals surface area contributed by atoms with Crippen LogP contribution in [0.5, 0.6) is 0 Å². The lowest BCUT2D eigenvalue weighted by Crippen LogP contribution is -2.13. The summed E-state index contributed by atoms with van der Waals surface area (Å²) in [6.07, 6.45) is 0.894. The van der Waals surface area contributed by atoms with Crippen LogP contribution < -0.4 is 0 Å². The van der Waals surface area contributed by atoms with Gasteiger partial charge in [-0.05, 0) is 18.6 Å². The highest BCUT2D eigenvalue weighted by Crippen LogP contribution is 2.35. The Morgan fingerprint density at radius 2 is 1.94 bits per heavy atom. The van der Waals surface area contributed by atoms with E-state index in [1.807, 2.05) is 19.1 Å². The lowest BCUT2D eigenvalue weighted by atomic mass is 9.89. The smallest absolute Gasteiger partial charge is 0.152 e. The van der Waals surface area contributed by atoms with Crippen LogP contribution in [0.25, 0.3) is 10.9 Å². The number of rotatable bonds is 1. The van der Waals surface area contributed by atoms with Gasteiger partial charge in [-0.15, -0.1) is 0 Å². The molecule has 0 aliphatic heterocycles. The summed E-state index contributed by atoms with van der Waals surface area (Å²) in [5.41, 5.74) is 3.58. The molecule has 1 N–H and O–H groups in total. The molecule has 0 bridgehead atoms. The third-order valence-corrected chi connectivity index (χ3v) is 3.33. The third-order valence-electron chi connectivity index (χ3n) is 3.02. The predicted molar refractivity (Wildman–Crippen MR) is 72.1 cm³/mol. The number of aryl methyl sites for hydroxylation is 1. The van der Waals surface area contributed by atoms with Gasteiger partial charge in [0.15, 0.2) is 6.29 Å². The van der Waals surface area contributed by atoms with Gasteiger partial charge in [0.25, 0.3) is 0 Å². The second-order valence-corrected chi connectivity index (χ2v) is 5.80. The highest BCUT2D eigenvalue weighted by Gasteiger charge is 2.23. The van der Waals surface area contributed by atoms with Crippen LogP contribution in [0.3, 0.4) is 0 Å². The molecular formula is C14H16ClNO. The van der Waals surface area contributed by atoms with Crippen molar-refractivity contribution in [2.45, 2.75) is 33.1 Å². The predicted octanol–water partition coefficient (Wildman–Crippen LogP) is 4.24. The quantitative estimate of drug-likeness (QED) is 0.754. The first-order chi connectivity index (χ1) is 7.86. The van der Waals surface area contributed by atoms with E-state index in [0.29, 0.717) is 10.6 Å². The first-order valence-electron chi connectivity index (χ1n) is 5.62. The largest absolute Gasteiger partial charge is 0.357 e. The average Bonchev–Trinajstić information content (AvgIpc) is 2.63. The van der Waals surface area contributed by atoms with E-state index in [0.717, 1.165) is 28.4 Å². The van der Waals surface area contributed by atoms with Crippen molar-refractivity contribution in [2.75, 3.05) is 0 Å². The van der Waals surface area contributed by atoms with E-state index in [9.17, 15) is 4.79 Å². The number of hydrogen-bond acceptors (Lipinski definition) is 1. The van der Waals surface area contributed by atoms with Crippen LogP contribution in [0.1, 0.15) is 42.4 Å². The Morgan fingerprint density at radius 1 is 1.29 bits per heavy atom. The van der Waals surface area contributed by atoms with Gasteiger partial charge in [0.1, 0.15) is 0 Å². The molecule has 17 heavy (non-hydrogen) atoms. The molecule has 0 atom stereocenters. The number of nitrogens with one attached hydrogen (secondary N) is 1. The molecule has 0 fully saturated rings. The Kier molecular flexibility index (Phi) is 2.78. The van der Waals surface area contributed by atoms with Gasteiger partial charge in [0.2, 0.25) is 0 Å². The van der Waals surface area contributed by atoms with Crippen molar-refractivity contribution in [2.24, 2.45) is 0 Å². The van der Waals surface area contributed by atoms with Gasteiger partial charge in [-0.1, -0.05) is 38.4 Å². The van der Waals surface area contributed by atoms with Crippen LogP contribution in [0, 0.1) is 6.92 Å². The van der Waals surface area contributed by atoms with E-state index in [-0.39, 0.29) is 5.41 Å². The summed E-state index contributed by atoms with van der Waals surface area (Å²) in [6, 6.07) is 3.80. The summed E-state index contributed by atoms with van der Waals surface area (Å²) in [5.74, 6) is 0. The number of H-pyrrole nitrogens is 1. The molecule has 0 spiro atoms. The number of aromatic amines is 1. The number of hydrogen-bond donors (Lipinski definition) is 1. The fourth-order valence-electron chi connectivity index (χ4n) is 2.13. The van der Waals surface area contributed by atoms with Crippen LogP contribution in [0.4, 0.5) is 0 Å². The Morgan fingerprint density at radius 3 is 2.47 bits per heavy atom. The highest BCUT2D eigenvalue weighted by atomic mass is 35.5. The van der Waals surface area contributed by atoms with E-state index in [4.69, 9.17) is 11.6 Å². The molecule has 2 nitrogen and oxygen atoms in total. The summed E-state index contributed by atoms with van der Waals surface area (Å²) in [5, 5.41) is 1.46. The van der Waals surface area contributed by atoms with Crippen molar-refractivity contribution in [1.29, 1.82) is 0 Å². The minimum Gasteiger partial charge on any atom is -0.357 e. The van der Waals surface area contributed by atoms with Crippen LogP contribution in [-0.2, 0) is 5.41 Å². The number of aldehydes is 1. The molecular weight excluding hydrogens is 234 g/mol. The zero-order valence-electron chi connectivity index (χ0n) is 10.5. The average molecular weight is 250 g/mol. The lowest BCUT2D eigenvalue weighted by Gasteiger charge is -2.17. The molecule has 90 valence electrons. The molecule has 0 unspecified atom stereocenters. The molecule has 1 aromatic heterocycles. The summed E-state index contributed by atoms with van der Waals surface area (Å²) in [4.78, 5) is 14.7. The molecule has 0 radical (unpaired) electrons. The molecule has 1 aromatic carbocycles. The Bertz CT molecular complexity index is 590. The Balaban J connectivity index is 2.94. The molecule has 0 aliphatic carbocycles. The summed E-state index contributed by atoms with van der Waals surface area (Å²) in [7, 11) is 0. The number of carbonyl (C=O) groups excluding carboxylic acids is 1. The van der Waals surface area contributed by atoms with Gasteiger partial charge >= 0.3 is 0 Å².